The molecule has 4 heterocycles. The van der Waals surface area contributed by atoms with Gasteiger partial charge in [0.05, 0.1) is 0 Å². The Balaban J connectivity index is 1.30. The average molecular weight is 556 g/mol. The van der Waals surface area contributed by atoms with Gasteiger partial charge in [0.15, 0.2) is 11.5 Å². The summed E-state index contributed by atoms with van der Waals surface area (Å²) in [7, 11) is 0. The summed E-state index contributed by atoms with van der Waals surface area (Å²) in [6.45, 7) is 0.491. The summed E-state index contributed by atoms with van der Waals surface area (Å²) in [5, 5.41) is 12.6. The van der Waals surface area contributed by atoms with Crippen molar-refractivity contribution in [2.75, 3.05) is 32.8 Å². The van der Waals surface area contributed by atoms with Gasteiger partial charge in [0.1, 0.15) is 18.4 Å². The van der Waals surface area contributed by atoms with Crippen molar-refractivity contribution in [2.45, 2.75) is 57.5 Å². The Morgan fingerprint density at radius 2 is 2.03 bits per heavy atom. The molecule has 39 heavy (non-hydrogen) atoms. The van der Waals surface area contributed by atoms with Crippen LogP contribution in [0.4, 0.5) is 13.2 Å². The van der Waals surface area contributed by atoms with Crippen LogP contribution in [-0.4, -0.2) is 78.8 Å². The third kappa shape index (κ3) is 5.96. The van der Waals surface area contributed by atoms with E-state index in [0.717, 1.165) is 19.3 Å². The molecule has 0 unspecified atom stereocenters. The molecule has 0 aromatic carbocycles. The predicted octanol–water partition coefficient (Wildman–Crippen LogP) is 0.925. The minimum atomic E-state index is -4.98. The predicted molar refractivity (Wildman–Crippen MR) is 127 cm³/mol. The van der Waals surface area contributed by atoms with E-state index in [0.29, 0.717) is 50.3 Å². The number of Topliss-reactive ketones (excluding diaryl/α,β-unsaturated/α-hetero) is 1. The Hall–Kier alpha value is -3.00. The second-order valence-corrected chi connectivity index (χ2v) is 10.8. The number of nitrogens with zero attached hydrogens (tertiary/aromatic N) is 2. The lowest BCUT2D eigenvalue weighted by Crippen LogP contribution is -2.50. The van der Waals surface area contributed by atoms with E-state index in [-0.39, 0.29) is 36.4 Å². The molecule has 11 nitrogen and oxygen atoms in total. The van der Waals surface area contributed by atoms with Crippen LogP contribution < -0.4 is 16.0 Å². The molecule has 1 aliphatic carbocycles. The lowest BCUT2D eigenvalue weighted by atomic mass is 9.89. The zero-order valence-corrected chi connectivity index (χ0v) is 21.3. The smallest absolute Gasteiger partial charge is 0.360 e. The quantitative estimate of drug-likeness (QED) is 0.409. The number of likely N-dealkylation sites (tertiary alicyclic amines) is 1. The van der Waals surface area contributed by atoms with Crippen LogP contribution in [0.25, 0.3) is 0 Å². The maximum absolute atomic E-state index is 13.6. The third-order valence-corrected chi connectivity index (χ3v) is 8.41. The highest BCUT2D eigenvalue weighted by molar-refractivity contribution is 5.98. The number of carbonyl (C=O) groups excluding carboxylic acids is 4. The van der Waals surface area contributed by atoms with Crippen molar-refractivity contribution in [3.8, 4) is 0 Å². The van der Waals surface area contributed by atoms with Gasteiger partial charge in [0, 0.05) is 56.5 Å². The molecule has 3 aliphatic heterocycles. The summed E-state index contributed by atoms with van der Waals surface area (Å²) >= 11 is 0. The van der Waals surface area contributed by atoms with Crippen molar-refractivity contribution in [1.82, 2.24) is 26.0 Å². The normalized spacial score (nSPS) is 27.2. The van der Waals surface area contributed by atoms with E-state index >= 15 is 0 Å². The highest BCUT2D eigenvalue weighted by atomic mass is 19.4. The number of aromatic nitrogens is 1. The van der Waals surface area contributed by atoms with Crippen LogP contribution in [0.3, 0.4) is 0 Å². The number of alkyl halides is 3. The first-order valence-corrected chi connectivity index (χ1v) is 13.4. The SMILES string of the molecule is O=C(COC(F)(F)F)[C@@H](CNC(=O)[C@@H]1[C@H]2CCC[C@H]2CN1C(=O)c1noc2c1CNCC2)C[C@@H]1CCNC1=O. The van der Waals surface area contributed by atoms with E-state index in [1.165, 1.54) is 4.90 Å². The maximum Gasteiger partial charge on any atom is 0.522 e. The van der Waals surface area contributed by atoms with Crippen molar-refractivity contribution < 1.29 is 41.6 Å². The van der Waals surface area contributed by atoms with E-state index < -0.39 is 48.4 Å². The summed E-state index contributed by atoms with van der Waals surface area (Å²) in [4.78, 5) is 53.4. The number of ether oxygens (including phenoxy) is 1. The second kappa shape index (κ2) is 11.2. The zero-order valence-electron chi connectivity index (χ0n) is 21.3. The molecule has 1 aromatic heterocycles. The molecule has 3 fully saturated rings. The van der Waals surface area contributed by atoms with Crippen LogP contribution in [0, 0.1) is 23.7 Å². The second-order valence-electron chi connectivity index (χ2n) is 10.8. The highest BCUT2D eigenvalue weighted by Crippen LogP contribution is 2.43. The third-order valence-electron chi connectivity index (χ3n) is 8.41. The van der Waals surface area contributed by atoms with Crippen LogP contribution in [-0.2, 0) is 32.1 Å². The summed E-state index contributed by atoms with van der Waals surface area (Å²) in [5.74, 6) is -2.87. The first-order valence-electron chi connectivity index (χ1n) is 13.4. The lowest BCUT2D eigenvalue weighted by molar-refractivity contribution is -0.321. The van der Waals surface area contributed by atoms with Crippen molar-refractivity contribution >= 4 is 23.5 Å². The molecule has 0 spiro atoms. The maximum atomic E-state index is 13.6. The van der Waals surface area contributed by atoms with E-state index in [2.05, 4.69) is 25.8 Å². The minimum absolute atomic E-state index is 0.0103. The Labute approximate surface area is 222 Å². The van der Waals surface area contributed by atoms with Gasteiger partial charge in [-0.25, -0.2) is 0 Å². The zero-order chi connectivity index (χ0) is 27.7. The molecule has 3 amide bonds. The number of rotatable bonds is 9. The van der Waals surface area contributed by atoms with Gasteiger partial charge in [-0.3, -0.25) is 23.9 Å². The average Bonchev–Trinajstić information content (AvgIpc) is 3.68. The van der Waals surface area contributed by atoms with Crippen molar-refractivity contribution in [3.05, 3.63) is 17.0 Å². The standard InChI is InChI=1S/C25H32F3N5O6/c26-25(27,28)38-12-18(34)15(8-13-4-7-30-22(13)35)9-31-23(36)21-16-3-1-2-14(16)11-33(21)24(37)20-17-10-29-6-5-19(17)39-32-20/h13-16,21,29H,1-12H2,(H,30,35)(H,31,36)/t13-,14-,15+,16-,21-/m0/s1. The minimum Gasteiger partial charge on any atom is -0.360 e. The molecule has 4 aliphatic rings. The number of ketones is 1. The monoisotopic (exact) mass is 555 g/mol. The van der Waals surface area contributed by atoms with Gasteiger partial charge in [0.25, 0.3) is 5.91 Å². The summed E-state index contributed by atoms with van der Waals surface area (Å²) in [5.41, 5.74) is 0.868. The van der Waals surface area contributed by atoms with Crippen molar-refractivity contribution in [1.29, 1.82) is 0 Å². The molecular formula is C25H32F3N5O6. The van der Waals surface area contributed by atoms with E-state index in [9.17, 15) is 32.3 Å². The summed E-state index contributed by atoms with van der Waals surface area (Å²) in [6.07, 6.45) is -1.37. The fourth-order valence-corrected chi connectivity index (χ4v) is 6.43. The molecule has 5 rings (SSSR count). The molecule has 3 N–H and O–H groups in total. The Morgan fingerprint density at radius 3 is 2.77 bits per heavy atom. The van der Waals surface area contributed by atoms with Gasteiger partial charge >= 0.3 is 6.36 Å². The molecule has 214 valence electrons. The molecule has 14 heteroatoms. The van der Waals surface area contributed by atoms with Crippen LogP contribution >= 0.6 is 0 Å². The van der Waals surface area contributed by atoms with Crippen molar-refractivity contribution in [3.63, 3.8) is 0 Å². The lowest BCUT2D eigenvalue weighted by Gasteiger charge is -2.28. The van der Waals surface area contributed by atoms with E-state index in [1.807, 2.05) is 0 Å². The molecule has 2 saturated heterocycles. The first kappa shape index (κ1) is 27.6. The number of fused-ring (bicyclic) bond motifs is 2. The van der Waals surface area contributed by atoms with Crippen LogP contribution in [0.1, 0.15) is 53.9 Å². The molecule has 5 atom stereocenters. The Morgan fingerprint density at radius 1 is 1.21 bits per heavy atom. The fourth-order valence-electron chi connectivity index (χ4n) is 6.43. The molecule has 1 saturated carbocycles. The molecule has 1 aromatic rings. The van der Waals surface area contributed by atoms with Crippen LogP contribution in [0.2, 0.25) is 0 Å². The van der Waals surface area contributed by atoms with E-state index in [1.54, 1.807) is 0 Å². The van der Waals surface area contributed by atoms with Gasteiger partial charge < -0.3 is 25.4 Å². The summed E-state index contributed by atoms with van der Waals surface area (Å²) in [6, 6.07) is -0.800. The van der Waals surface area contributed by atoms with Gasteiger partial charge in [-0.2, -0.15) is 0 Å². The number of amides is 3. The Bertz CT molecular complexity index is 1120. The highest BCUT2D eigenvalue weighted by Gasteiger charge is 2.50. The number of halogens is 3. The topological polar surface area (TPSA) is 143 Å². The largest absolute Gasteiger partial charge is 0.522 e. The number of hydrogen-bond acceptors (Lipinski definition) is 8. The van der Waals surface area contributed by atoms with Crippen molar-refractivity contribution in [2.24, 2.45) is 23.7 Å². The molecular weight excluding hydrogens is 523 g/mol. The van der Waals surface area contributed by atoms with Crippen LogP contribution in [0.15, 0.2) is 4.52 Å². The number of carbonyl (C=O) groups is 4. The van der Waals surface area contributed by atoms with E-state index in [4.69, 9.17) is 4.52 Å². The van der Waals surface area contributed by atoms with Gasteiger partial charge in [-0.1, -0.05) is 11.6 Å². The molecule has 0 bridgehead atoms. The fraction of sp³-hybridized carbons (Fsp3) is 0.720. The van der Waals surface area contributed by atoms with Gasteiger partial charge in [-0.05, 0) is 37.5 Å². The van der Waals surface area contributed by atoms with Crippen LogP contribution in [0.5, 0.6) is 0 Å². The summed E-state index contributed by atoms with van der Waals surface area (Å²) < 4.78 is 46.8. The van der Waals surface area contributed by atoms with Gasteiger partial charge in [0.2, 0.25) is 11.8 Å². The Kier molecular flexibility index (Phi) is 7.94. The first-order chi connectivity index (χ1) is 18.6. The number of hydrogen-bond donors (Lipinski definition) is 3. The number of nitrogens with one attached hydrogen (secondary N) is 3. The molecule has 0 radical (unpaired) electrons. The van der Waals surface area contributed by atoms with Gasteiger partial charge in [-0.15, -0.1) is 13.2 Å².